The van der Waals surface area contributed by atoms with Gasteiger partial charge in [0.05, 0.1) is 0 Å². The number of aliphatic carboxylic acids is 2. The first-order chi connectivity index (χ1) is 8.40. The largest absolute Gasteiger partial charge is 0.480 e. The Morgan fingerprint density at radius 1 is 0.889 bits per heavy atom. The van der Waals surface area contributed by atoms with Crippen molar-refractivity contribution in [2.75, 3.05) is 13.1 Å². The van der Waals surface area contributed by atoms with Crippen LogP contribution >= 0.6 is 0 Å². The molecule has 4 atom stereocenters. The Kier molecular flexibility index (Phi) is 3.59. The van der Waals surface area contributed by atoms with Gasteiger partial charge in [-0.3, -0.25) is 9.59 Å². The molecule has 2 fully saturated rings. The normalized spacial score (nSPS) is 38.1. The lowest BCUT2D eigenvalue weighted by Gasteiger charge is -2.34. The molecule has 0 amide bonds. The molecule has 2 unspecified atom stereocenters. The van der Waals surface area contributed by atoms with Crippen molar-refractivity contribution < 1.29 is 19.8 Å². The van der Waals surface area contributed by atoms with Crippen LogP contribution in [-0.4, -0.2) is 57.3 Å². The van der Waals surface area contributed by atoms with Crippen LogP contribution < -0.4 is 0 Å². The van der Waals surface area contributed by atoms with E-state index in [1.165, 1.54) is 0 Å². The number of carboxylic acids is 2. The van der Waals surface area contributed by atoms with Crippen molar-refractivity contribution >= 4 is 11.9 Å². The SMILES string of the molecule is CC1C[C@@H](C(=O)O)N(N2CC(C)C[C@H]2C(=O)O)C1. The van der Waals surface area contributed by atoms with Gasteiger partial charge in [-0.2, -0.15) is 0 Å². The van der Waals surface area contributed by atoms with E-state index in [1.807, 2.05) is 13.8 Å². The fourth-order valence-corrected chi connectivity index (χ4v) is 3.07. The van der Waals surface area contributed by atoms with Gasteiger partial charge in [-0.05, 0) is 24.7 Å². The molecule has 0 aromatic heterocycles. The summed E-state index contributed by atoms with van der Waals surface area (Å²) in [7, 11) is 0. The molecule has 0 aliphatic carbocycles. The van der Waals surface area contributed by atoms with Gasteiger partial charge in [-0.25, -0.2) is 10.0 Å². The van der Waals surface area contributed by atoms with E-state index < -0.39 is 24.0 Å². The number of nitrogens with zero attached hydrogens (tertiary/aromatic N) is 2. The van der Waals surface area contributed by atoms with E-state index in [2.05, 4.69) is 0 Å². The molecule has 0 aromatic carbocycles. The first-order valence-corrected chi connectivity index (χ1v) is 6.39. The molecule has 6 heteroatoms. The summed E-state index contributed by atoms with van der Waals surface area (Å²) >= 11 is 0. The zero-order chi connectivity index (χ0) is 13.4. The van der Waals surface area contributed by atoms with Crippen LogP contribution in [0.15, 0.2) is 0 Å². The molecule has 0 saturated carbocycles. The molecule has 2 aliphatic heterocycles. The van der Waals surface area contributed by atoms with Gasteiger partial charge in [0.15, 0.2) is 0 Å². The maximum absolute atomic E-state index is 11.3. The highest BCUT2D eigenvalue weighted by atomic mass is 16.4. The number of rotatable bonds is 3. The summed E-state index contributed by atoms with van der Waals surface area (Å²) in [5, 5.41) is 22.0. The molecule has 0 radical (unpaired) electrons. The molecule has 2 aliphatic rings. The van der Waals surface area contributed by atoms with E-state index in [0.29, 0.717) is 25.9 Å². The van der Waals surface area contributed by atoms with Crippen molar-refractivity contribution in [2.45, 2.75) is 38.8 Å². The molecule has 2 heterocycles. The van der Waals surface area contributed by atoms with Crippen molar-refractivity contribution in [1.29, 1.82) is 0 Å². The van der Waals surface area contributed by atoms with Gasteiger partial charge < -0.3 is 10.2 Å². The summed E-state index contributed by atoms with van der Waals surface area (Å²) in [6, 6.07) is -1.15. The van der Waals surface area contributed by atoms with Crippen molar-refractivity contribution in [2.24, 2.45) is 11.8 Å². The second-order valence-electron chi connectivity index (χ2n) is 5.63. The maximum atomic E-state index is 11.3. The molecular weight excluding hydrogens is 236 g/mol. The lowest BCUT2D eigenvalue weighted by Crippen LogP contribution is -2.52. The van der Waals surface area contributed by atoms with Gasteiger partial charge >= 0.3 is 11.9 Å². The molecule has 2 saturated heterocycles. The van der Waals surface area contributed by atoms with Crippen LogP contribution in [0.4, 0.5) is 0 Å². The lowest BCUT2D eigenvalue weighted by atomic mass is 10.1. The van der Waals surface area contributed by atoms with Gasteiger partial charge in [-0.15, -0.1) is 0 Å². The predicted octanol–water partition coefficient (Wildman–Crippen LogP) is 0.491. The monoisotopic (exact) mass is 256 g/mol. The Hall–Kier alpha value is -1.14. The Bertz CT molecular complexity index is 326. The number of hydrogen-bond acceptors (Lipinski definition) is 4. The van der Waals surface area contributed by atoms with Gasteiger partial charge in [0, 0.05) is 13.1 Å². The highest BCUT2D eigenvalue weighted by Crippen LogP contribution is 2.32. The number of carbonyl (C=O) groups is 2. The van der Waals surface area contributed by atoms with E-state index >= 15 is 0 Å². The second-order valence-corrected chi connectivity index (χ2v) is 5.63. The third-order valence-electron chi connectivity index (χ3n) is 3.87. The molecule has 0 aromatic rings. The highest BCUT2D eigenvalue weighted by Gasteiger charge is 2.45. The van der Waals surface area contributed by atoms with Gasteiger partial charge in [0.2, 0.25) is 0 Å². The van der Waals surface area contributed by atoms with E-state index in [4.69, 9.17) is 0 Å². The molecule has 0 spiro atoms. The molecule has 0 bridgehead atoms. The summed E-state index contributed by atoms with van der Waals surface area (Å²) in [5.41, 5.74) is 0. The van der Waals surface area contributed by atoms with Crippen LogP contribution in [-0.2, 0) is 9.59 Å². The van der Waals surface area contributed by atoms with E-state index in [0.717, 1.165) is 0 Å². The highest BCUT2D eigenvalue weighted by molar-refractivity contribution is 5.75. The lowest BCUT2D eigenvalue weighted by molar-refractivity contribution is -0.160. The average Bonchev–Trinajstić information content (AvgIpc) is 2.81. The Balaban J connectivity index is 2.18. The summed E-state index contributed by atoms with van der Waals surface area (Å²) in [5.74, 6) is -1.14. The summed E-state index contributed by atoms with van der Waals surface area (Å²) in [4.78, 5) is 22.5. The Morgan fingerprint density at radius 2 is 1.22 bits per heavy atom. The number of hydrogen-bond donors (Lipinski definition) is 2. The third kappa shape index (κ3) is 2.35. The van der Waals surface area contributed by atoms with E-state index in [1.54, 1.807) is 10.0 Å². The molecule has 102 valence electrons. The van der Waals surface area contributed by atoms with Crippen LogP contribution in [0, 0.1) is 11.8 Å². The molecule has 2 N–H and O–H groups in total. The van der Waals surface area contributed by atoms with Gasteiger partial charge in [0.1, 0.15) is 12.1 Å². The van der Waals surface area contributed by atoms with Crippen molar-refractivity contribution in [3.05, 3.63) is 0 Å². The van der Waals surface area contributed by atoms with Crippen LogP contribution in [0.2, 0.25) is 0 Å². The van der Waals surface area contributed by atoms with Crippen LogP contribution in [0.5, 0.6) is 0 Å². The van der Waals surface area contributed by atoms with E-state index in [-0.39, 0.29) is 11.8 Å². The minimum Gasteiger partial charge on any atom is -0.480 e. The standard InChI is InChI=1S/C12H20N2O4/c1-7-3-9(11(15)16)13(5-7)14-6-8(2)4-10(14)12(17)18/h7-10H,3-6H2,1-2H3,(H,15,16)(H,17,18)/t7?,8?,9-,10-/m0/s1. The van der Waals surface area contributed by atoms with Crippen LogP contribution in [0.1, 0.15) is 26.7 Å². The zero-order valence-electron chi connectivity index (χ0n) is 10.7. The Morgan fingerprint density at radius 3 is 1.50 bits per heavy atom. The molecule has 6 nitrogen and oxygen atoms in total. The average molecular weight is 256 g/mol. The topological polar surface area (TPSA) is 81.1 Å². The van der Waals surface area contributed by atoms with Crippen molar-refractivity contribution in [3.63, 3.8) is 0 Å². The summed E-state index contributed by atoms with van der Waals surface area (Å²) in [6.07, 6.45) is 1.18. The molecule has 2 rings (SSSR count). The number of hydrazine groups is 1. The predicted molar refractivity (Wildman–Crippen MR) is 63.8 cm³/mol. The van der Waals surface area contributed by atoms with Crippen molar-refractivity contribution in [3.8, 4) is 0 Å². The minimum atomic E-state index is -0.858. The van der Waals surface area contributed by atoms with E-state index in [9.17, 15) is 19.8 Å². The van der Waals surface area contributed by atoms with Gasteiger partial charge in [0.25, 0.3) is 0 Å². The fourth-order valence-electron chi connectivity index (χ4n) is 3.07. The maximum Gasteiger partial charge on any atom is 0.322 e. The van der Waals surface area contributed by atoms with Crippen LogP contribution in [0.3, 0.4) is 0 Å². The smallest absolute Gasteiger partial charge is 0.322 e. The zero-order valence-corrected chi connectivity index (χ0v) is 10.7. The number of carboxylic acid groups (broad SMARTS) is 2. The summed E-state index contributed by atoms with van der Waals surface area (Å²) < 4.78 is 0. The van der Waals surface area contributed by atoms with Gasteiger partial charge in [-0.1, -0.05) is 13.8 Å². The first kappa shape index (κ1) is 13.3. The van der Waals surface area contributed by atoms with Crippen LogP contribution in [0.25, 0.3) is 0 Å². The third-order valence-corrected chi connectivity index (χ3v) is 3.87. The quantitative estimate of drug-likeness (QED) is 0.765. The molecule has 18 heavy (non-hydrogen) atoms. The summed E-state index contributed by atoms with van der Waals surface area (Å²) in [6.45, 7) is 5.28. The fraction of sp³-hybridized carbons (Fsp3) is 0.833. The second kappa shape index (κ2) is 4.85. The minimum absolute atomic E-state index is 0.288. The molecular formula is C12H20N2O4. The Labute approximate surface area is 106 Å². The van der Waals surface area contributed by atoms with Crippen molar-refractivity contribution in [1.82, 2.24) is 10.0 Å². The first-order valence-electron chi connectivity index (χ1n) is 6.39.